The molecule has 4 rings (SSSR count). The second-order valence-electron chi connectivity index (χ2n) is 7.61. The van der Waals surface area contributed by atoms with Crippen molar-refractivity contribution < 1.29 is 14.3 Å². The molecule has 0 aliphatic carbocycles. The summed E-state index contributed by atoms with van der Waals surface area (Å²) < 4.78 is 11.5. The Hall–Kier alpha value is -1.85. The predicted octanol–water partition coefficient (Wildman–Crippen LogP) is 3.34. The highest BCUT2D eigenvalue weighted by molar-refractivity contribution is 5.83. The number of carbonyl (C=O) groups is 1. The van der Waals surface area contributed by atoms with E-state index in [1.54, 1.807) is 0 Å². The maximum absolute atomic E-state index is 12.4. The number of hydrogen-bond acceptors (Lipinski definition) is 3. The maximum Gasteiger partial charge on any atom is 0.220 e. The molecule has 0 saturated carbocycles. The van der Waals surface area contributed by atoms with Crippen molar-refractivity contribution in [3.05, 3.63) is 36.0 Å². The second kappa shape index (κ2) is 7.80. The summed E-state index contributed by atoms with van der Waals surface area (Å²) in [5, 5.41) is 4.50. The van der Waals surface area contributed by atoms with E-state index in [1.807, 2.05) is 6.07 Å². The third-order valence-corrected chi connectivity index (χ3v) is 5.79. The molecule has 1 aromatic heterocycles. The van der Waals surface area contributed by atoms with Crippen LogP contribution in [0.1, 0.15) is 44.1 Å². The molecule has 5 heteroatoms. The molecule has 1 amide bonds. The van der Waals surface area contributed by atoms with Crippen LogP contribution in [-0.2, 0) is 20.7 Å². The molecule has 0 bridgehead atoms. The first-order valence-corrected chi connectivity index (χ1v) is 9.80. The van der Waals surface area contributed by atoms with Crippen molar-refractivity contribution >= 4 is 16.8 Å². The smallest absolute Gasteiger partial charge is 0.220 e. The van der Waals surface area contributed by atoms with Gasteiger partial charge in [-0.25, -0.2) is 0 Å². The number of hydrogen-bond donors (Lipinski definition) is 2. The van der Waals surface area contributed by atoms with Crippen molar-refractivity contribution in [2.45, 2.75) is 56.6 Å². The number of benzene rings is 1. The Labute approximate surface area is 154 Å². The standard InChI is InChI=1S/C21H28N2O3/c24-20(7-3-4-16-15-22-19-6-2-1-5-18(16)19)23-17-8-11-26-21(14-17)9-12-25-13-10-21/h1-2,5-6,15,17,22H,3-4,7-14H2,(H,23,24)/t17-/m1/s1. The minimum atomic E-state index is -0.0709. The molecule has 3 heterocycles. The largest absolute Gasteiger partial charge is 0.381 e. The Kier molecular flexibility index (Phi) is 5.27. The van der Waals surface area contributed by atoms with Gasteiger partial charge in [0, 0.05) is 49.4 Å². The van der Waals surface area contributed by atoms with E-state index in [9.17, 15) is 4.79 Å². The molecule has 2 fully saturated rings. The molecule has 26 heavy (non-hydrogen) atoms. The molecule has 1 aromatic carbocycles. The number of fused-ring (bicyclic) bond motifs is 1. The molecule has 2 N–H and O–H groups in total. The normalized spacial score (nSPS) is 22.5. The molecule has 0 unspecified atom stereocenters. The predicted molar refractivity (Wildman–Crippen MR) is 101 cm³/mol. The van der Waals surface area contributed by atoms with Gasteiger partial charge in [-0.1, -0.05) is 18.2 Å². The zero-order valence-electron chi connectivity index (χ0n) is 15.3. The lowest BCUT2D eigenvalue weighted by Crippen LogP contribution is -2.51. The van der Waals surface area contributed by atoms with Crippen LogP contribution >= 0.6 is 0 Å². The number of aromatic nitrogens is 1. The van der Waals surface area contributed by atoms with Crippen molar-refractivity contribution in [3.63, 3.8) is 0 Å². The SMILES string of the molecule is O=C(CCCc1c[nH]c2ccccc12)N[C@@H]1CCOC2(CCOCC2)C1. The van der Waals surface area contributed by atoms with E-state index >= 15 is 0 Å². The van der Waals surface area contributed by atoms with Crippen LogP contribution < -0.4 is 5.32 Å². The van der Waals surface area contributed by atoms with Gasteiger partial charge in [-0.05, 0) is 50.2 Å². The Bertz CT molecular complexity index is 743. The van der Waals surface area contributed by atoms with Crippen LogP contribution in [0.3, 0.4) is 0 Å². The molecule has 2 aliphatic rings. The second-order valence-corrected chi connectivity index (χ2v) is 7.61. The first-order chi connectivity index (χ1) is 12.7. The van der Waals surface area contributed by atoms with Crippen molar-refractivity contribution in [2.24, 2.45) is 0 Å². The molecule has 2 aromatic rings. The van der Waals surface area contributed by atoms with Gasteiger partial charge in [0.1, 0.15) is 0 Å². The van der Waals surface area contributed by atoms with Gasteiger partial charge in [0.25, 0.3) is 0 Å². The third-order valence-electron chi connectivity index (χ3n) is 5.79. The number of amides is 1. The topological polar surface area (TPSA) is 63.4 Å². The van der Waals surface area contributed by atoms with Crippen LogP contribution in [0, 0.1) is 0 Å². The van der Waals surface area contributed by atoms with Crippen LogP contribution in [0.15, 0.2) is 30.5 Å². The average molecular weight is 356 g/mol. The summed E-state index contributed by atoms with van der Waals surface area (Å²) in [4.78, 5) is 15.7. The Morgan fingerprint density at radius 2 is 2.08 bits per heavy atom. The number of para-hydroxylation sites is 1. The van der Waals surface area contributed by atoms with E-state index in [-0.39, 0.29) is 17.6 Å². The van der Waals surface area contributed by atoms with E-state index in [4.69, 9.17) is 9.47 Å². The van der Waals surface area contributed by atoms with Gasteiger partial charge in [-0.15, -0.1) is 0 Å². The number of nitrogens with one attached hydrogen (secondary N) is 2. The number of aryl methyl sites for hydroxylation is 1. The highest BCUT2D eigenvalue weighted by atomic mass is 16.5. The lowest BCUT2D eigenvalue weighted by Gasteiger charge is -2.43. The molecule has 5 nitrogen and oxygen atoms in total. The highest BCUT2D eigenvalue weighted by Gasteiger charge is 2.39. The molecule has 0 radical (unpaired) electrons. The molecule has 1 spiro atoms. The van der Waals surface area contributed by atoms with Gasteiger partial charge in [-0.2, -0.15) is 0 Å². The van der Waals surface area contributed by atoms with Crippen molar-refractivity contribution in [2.75, 3.05) is 19.8 Å². The summed E-state index contributed by atoms with van der Waals surface area (Å²) in [5.74, 6) is 0.166. The molecule has 1 atom stereocenters. The Balaban J connectivity index is 1.25. The van der Waals surface area contributed by atoms with Gasteiger partial charge >= 0.3 is 0 Å². The lowest BCUT2D eigenvalue weighted by molar-refractivity contribution is -0.144. The first-order valence-electron chi connectivity index (χ1n) is 9.80. The van der Waals surface area contributed by atoms with E-state index in [2.05, 4.69) is 34.7 Å². The molecule has 140 valence electrons. The zero-order valence-corrected chi connectivity index (χ0v) is 15.3. The molecule has 2 aliphatic heterocycles. The van der Waals surface area contributed by atoms with Gasteiger partial charge in [-0.3, -0.25) is 4.79 Å². The fourth-order valence-electron chi connectivity index (χ4n) is 4.32. The summed E-state index contributed by atoms with van der Waals surface area (Å²) >= 11 is 0. The number of H-pyrrole nitrogens is 1. The third kappa shape index (κ3) is 3.94. The van der Waals surface area contributed by atoms with Crippen LogP contribution in [0.25, 0.3) is 10.9 Å². The van der Waals surface area contributed by atoms with Crippen LogP contribution in [0.2, 0.25) is 0 Å². The summed E-state index contributed by atoms with van der Waals surface area (Å²) in [5.41, 5.74) is 2.38. The molecular formula is C21H28N2O3. The molecular weight excluding hydrogens is 328 g/mol. The minimum Gasteiger partial charge on any atom is -0.381 e. The number of rotatable bonds is 5. The number of aromatic amines is 1. The van der Waals surface area contributed by atoms with Crippen LogP contribution in [-0.4, -0.2) is 42.4 Å². The summed E-state index contributed by atoms with van der Waals surface area (Å²) in [7, 11) is 0. The van der Waals surface area contributed by atoms with Crippen LogP contribution in [0.4, 0.5) is 0 Å². The van der Waals surface area contributed by atoms with Crippen molar-refractivity contribution in [3.8, 4) is 0 Å². The van der Waals surface area contributed by atoms with E-state index < -0.39 is 0 Å². The van der Waals surface area contributed by atoms with E-state index in [1.165, 1.54) is 10.9 Å². The average Bonchev–Trinajstić information content (AvgIpc) is 3.06. The maximum atomic E-state index is 12.4. The summed E-state index contributed by atoms with van der Waals surface area (Å²) in [6.45, 7) is 2.27. The fourth-order valence-corrected chi connectivity index (χ4v) is 4.32. The van der Waals surface area contributed by atoms with E-state index in [0.29, 0.717) is 6.42 Å². The minimum absolute atomic E-state index is 0.0709. The van der Waals surface area contributed by atoms with Gasteiger partial charge in [0.15, 0.2) is 0 Å². The quantitative estimate of drug-likeness (QED) is 0.864. The van der Waals surface area contributed by atoms with Crippen LogP contribution in [0.5, 0.6) is 0 Å². The Morgan fingerprint density at radius 3 is 2.96 bits per heavy atom. The summed E-state index contributed by atoms with van der Waals surface area (Å²) in [6.07, 6.45) is 8.16. The van der Waals surface area contributed by atoms with Gasteiger partial charge < -0.3 is 19.8 Å². The number of carbonyl (C=O) groups excluding carboxylic acids is 1. The summed E-state index contributed by atoms with van der Waals surface area (Å²) in [6, 6.07) is 8.56. The Morgan fingerprint density at radius 1 is 1.23 bits per heavy atom. The monoisotopic (exact) mass is 356 g/mol. The highest BCUT2D eigenvalue weighted by Crippen LogP contribution is 2.34. The molecule has 2 saturated heterocycles. The first kappa shape index (κ1) is 17.6. The van der Waals surface area contributed by atoms with Crippen molar-refractivity contribution in [1.29, 1.82) is 0 Å². The lowest BCUT2D eigenvalue weighted by atomic mass is 9.84. The number of ether oxygens (including phenoxy) is 2. The van der Waals surface area contributed by atoms with Gasteiger partial charge in [0.05, 0.1) is 5.60 Å². The fraction of sp³-hybridized carbons (Fsp3) is 0.571. The zero-order chi connectivity index (χ0) is 17.8. The van der Waals surface area contributed by atoms with Gasteiger partial charge in [0.2, 0.25) is 5.91 Å². The van der Waals surface area contributed by atoms with Crippen molar-refractivity contribution in [1.82, 2.24) is 10.3 Å². The van der Waals surface area contributed by atoms with E-state index in [0.717, 1.165) is 63.9 Å².